The number of aromatic amines is 1. The average molecular weight is 229 g/mol. The number of hydrogen-bond donors (Lipinski definition) is 1. The van der Waals surface area contributed by atoms with Crippen molar-refractivity contribution in [1.82, 2.24) is 4.98 Å². The molecule has 0 radical (unpaired) electrons. The quantitative estimate of drug-likeness (QED) is 0.790. The third-order valence-corrected chi connectivity index (χ3v) is 1.38. The molecule has 0 aliphatic rings. The van der Waals surface area contributed by atoms with Crippen molar-refractivity contribution in [2.45, 2.75) is 12.8 Å². The molecule has 0 fully saturated rings. The van der Waals surface area contributed by atoms with Crippen molar-refractivity contribution in [1.29, 1.82) is 0 Å². The highest BCUT2D eigenvalue weighted by Crippen LogP contribution is 2.30. The first-order chi connectivity index (χ1) is 6.79. The summed E-state index contributed by atoms with van der Waals surface area (Å²) >= 11 is 0. The number of nitrogens with one attached hydrogen (secondary N) is 1. The van der Waals surface area contributed by atoms with Gasteiger partial charge in [-0.1, -0.05) is 0 Å². The summed E-state index contributed by atoms with van der Waals surface area (Å²) in [5, 5.41) is 0. The van der Waals surface area contributed by atoms with E-state index in [9.17, 15) is 26.7 Å². The van der Waals surface area contributed by atoms with Gasteiger partial charge in [-0.2, -0.15) is 0 Å². The van der Waals surface area contributed by atoms with Gasteiger partial charge in [0.2, 0.25) is 5.56 Å². The van der Waals surface area contributed by atoms with Gasteiger partial charge in [-0.25, -0.2) is 8.78 Å². The van der Waals surface area contributed by atoms with E-state index in [0.717, 1.165) is 0 Å². The van der Waals surface area contributed by atoms with E-state index in [0.29, 0.717) is 12.3 Å². The molecule has 1 aromatic heterocycles. The summed E-state index contributed by atoms with van der Waals surface area (Å²) in [5.41, 5.74) is -2.03. The van der Waals surface area contributed by atoms with Crippen LogP contribution in [0.1, 0.15) is 12.0 Å². The number of aromatic nitrogens is 1. The number of rotatable bonds is 2. The molecule has 0 aliphatic heterocycles. The van der Waals surface area contributed by atoms with E-state index in [2.05, 4.69) is 4.74 Å². The van der Waals surface area contributed by atoms with Crippen molar-refractivity contribution < 1.29 is 26.7 Å². The van der Waals surface area contributed by atoms with Crippen LogP contribution in [0.3, 0.4) is 0 Å². The Bertz CT molecular complexity index is 397. The van der Waals surface area contributed by atoms with E-state index in [1.165, 1.54) is 0 Å². The Labute approximate surface area is 79.5 Å². The fourth-order valence-electron chi connectivity index (χ4n) is 0.858. The van der Waals surface area contributed by atoms with Gasteiger partial charge in [-0.3, -0.25) is 4.79 Å². The summed E-state index contributed by atoms with van der Waals surface area (Å²) in [6.45, 7) is 0. The van der Waals surface area contributed by atoms with Gasteiger partial charge >= 0.3 is 6.36 Å². The van der Waals surface area contributed by atoms with E-state index in [1.54, 1.807) is 4.98 Å². The Kier molecular flexibility index (Phi) is 2.96. The van der Waals surface area contributed by atoms with Crippen LogP contribution in [0.5, 0.6) is 5.75 Å². The minimum Gasteiger partial charge on any atom is -0.404 e. The SMILES string of the molecule is O=c1cc(C(F)F)c(OC(F)(F)F)c[nH]1. The summed E-state index contributed by atoms with van der Waals surface area (Å²) in [4.78, 5) is 12.4. The Balaban J connectivity index is 3.12. The molecule has 0 aliphatic carbocycles. The maximum Gasteiger partial charge on any atom is 0.573 e. The average Bonchev–Trinajstić information content (AvgIpc) is 2.05. The summed E-state index contributed by atoms with van der Waals surface area (Å²) < 4.78 is 62.8. The van der Waals surface area contributed by atoms with Gasteiger partial charge in [-0.15, -0.1) is 13.2 Å². The first-order valence-corrected chi connectivity index (χ1v) is 3.56. The van der Waals surface area contributed by atoms with Crippen molar-refractivity contribution in [3.8, 4) is 5.75 Å². The van der Waals surface area contributed by atoms with Gasteiger partial charge < -0.3 is 9.72 Å². The molecule has 0 spiro atoms. The highest BCUT2D eigenvalue weighted by atomic mass is 19.4. The Morgan fingerprint density at radius 2 is 1.93 bits per heavy atom. The van der Waals surface area contributed by atoms with Crippen LogP contribution in [0.4, 0.5) is 22.0 Å². The van der Waals surface area contributed by atoms with Crippen molar-refractivity contribution in [3.05, 3.63) is 28.2 Å². The smallest absolute Gasteiger partial charge is 0.404 e. The molecular weight excluding hydrogens is 225 g/mol. The highest BCUT2D eigenvalue weighted by molar-refractivity contribution is 5.30. The maximum atomic E-state index is 12.2. The van der Waals surface area contributed by atoms with Crippen molar-refractivity contribution in [2.75, 3.05) is 0 Å². The number of H-pyrrole nitrogens is 1. The molecule has 3 nitrogen and oxygen atoms in total. The zero-order chi connectivity index (χ0) is 11.6. The third-order valence-electron chi connectivity index (χ3n) is 1.38. The lowest BCUT2D eigenvalue weighted by Gasteiger charge is -2.11. The topological polar surface area (TPSA) is 42.1 Å². The van der Waals surface area contributed by atoms with Crippen LogP contribution in [0, 0.1) is 0 Å². The molecule has 15 heavy (non-hydrogen) atoms. The monoisotopic (exact) mass is 229 g/mol. The third kappa shape index (κ3) is 3.22. The van der Waals surface area contributed by atoms with Crippen LogP contribution in [-0.4, -0.2) is 11.3 Å². The highest BCUT2D eigenvalue weighted by Gasteiger charge is 2.33. The molecule has 1 aromatic rings. The Morgan fingerprint density at radius 1 is 1.33 bits per heavy atom. The number of alkyl halides is 5. The van der Waals surface area contributed by atoms with Gasteiger partial charge in [0.1, 0.15) is 0 Å². The summed E-state index contributed by atoms with van der Waals surface area (Å²) in [6, 6.07) is 0.353. The lowest BCUT2D eigenvalue weighted by molar-refractivity contribution is -0.275. The fraction of sp³-hybridized carbons (Fsp3) is 0.286. The van der Waals surface area contributed by atoms with Crippen LogP contribution in [0.25, 0.3) is 0 Å². The predicted molar refractivity (Wildman–Crippen MR) is 38.7 cm³/mol. The second kappa shape index (κ2) is 3.87. The lowest BCUT2D eigenvalue weighted by Crippen LogP contribution is -2.19. The number of hydrogen-bond acceptors (Lipinski definition) is 2. The van der Waals surface area contributed by atoms with E-state index in [-0.39, 0.29) is 0 Å². The molecule has 1 N–H and O–H groups in total. The van der Waals surface area contributed by atoms with Gasteiger partial charge in [0.15, 0.2) is 5.75 Å². The van der Waals surface area contributed by atoms with Crippen LogP contribution in [0.2, 0.25) is 0 Å². The summed E-state index contributed by atoms with van der Waals surface area (Å²) in [7, 11) is 0. The van der Waals surface area contributed by atoms with Gasteiger partial charge in [0.05, 0.1) is 5.56 Å². The molecule has 0 saturated carbocycles. The first kappa shape index (κ1) is 11.5. The van der Waals surface area contributed by atoms with E-state index in [4.69, 9.17) is 0 Å². The zero-order valence-corrected chi connectivity index (χ0v) is 6.94. The molecular formula is C7H4F5NO2. The molecule has 0 bridgehead atoms. The number of pyridine rings is 1. The van der Waals surface area contributed by atoms with Crippen molar-refractivity contribution in [2.24, 2.45) is 0 Å². The second-order valence-electron chi connectivity index (χ2n) is 2.47. The predicted octanol–water partition coefficient (Wildman–Crippen LogP) is 2.21. The Hall–Kier alpha value is -1.60. The Morgan fingerprint density at radius 3 is 2.40 bits per heavy atom. The van der Waals surface area contributed by atoms with Crippen LogP contribution >= 0.6 is 0 Å². The van der Waals surface area contributed by atoms with E-state index < -0.39 is 29.7 Å². The number of ether oxygens (including phenoxy) is 1. The van der Waals surface area contributed by atoms with Gasteiger partial charge in [0, 0.05) is 12.3 Å². The normalized spacial score (nSPS) is 11.9. The largest absolute Gasteiger partial charge is 0.573 e. The molecule has 0 amide bonds. The molecule has 0 atom stereocenters. The summed E-state index contributed by atoms with van der Waals surface area (Å²) in [6.07, 6.45) is -7.86. The van der Waals surface area contributed by atoms with Gasteiger partial charge in [-0.05, 0) is 0 Å². The maximum absolute atomic E-state index is 12.2. The summed E-state index contributed by atoms with van der Waals surface area (Å²) in [5.74, 6) is -1.11. The van der Waals surface area contributed by atoms with Crippen molar-refractivity contribution >= 4 is 0 Å². The molecule has 0 unspecified atom stereocenters. The molecule has 1 heterocycles. The number of halogens is 5. The lowest BCUT2D eigenvalue weighted by atomic mass is 10.2. The molecule has 0 saturated heterocycles. The molecule has 1 rings (SSSR count). The van der Waals surface area contributed by atoms with Crippen molar-refractivity contribution in [3.63, 3.8) is 0 Å². The van der Waals surface area contributed by atoms with Crippen LogP contribution in [0.15, 0.2) is 17.1 Å². The first-order valence-electron chi connectivity index (χ1n) is 3.56. The minimum absolute atomic E-state index is 0.353. The second-order valence-corrected chi connectivity index (χ2v) is 2.47. The van der Waals surface area contributed by atoms with Crippen LogP contribution in [-0.2, 0) is 0 Å². The molecule has 0 aromatic carbocycles. The minimum atomic E-state index is -5.08. The standard InChI is InChI=1S/C7H4F5NO2/c8-6(9)3-1-5(14)13-2-4(3)15-7(10,11)12/h1-2,6H,(H,13,14). The van der Waals surface area contributed by atoms with Gasteiger partial charge in [0.25, 0.3) is 6.43 Å². The van der Waals surface area contributed by atoms with Crippen LogP contribution < -0.4 is 10.3 Å². The molecule has 8 heteroatoms. The van der Waals surface area contributed by atoms with E-state index >= 15 is 0 Å². The molecule has 84 valence electrons. The zero-order valence-electron chi connectivity index (χ0n) is 6.94. The van der Waals surface area contributed by atoms with E-state index in [1.807, 2.05) is 0 Å². The fourth-order valence-corrected chi connectivity index (χ4v) is 0.858.